The van der Waals surface area contributed by atoms with Crippen molar-refractivity contribution in [2.75, 3.05) is 0 Å². The third kappa shape index (κ3) is 4.80. The molecule has 1 fully saturated rings. The van der Waals surface area contributed by atoms with E-state index in [1.165, 1.54) is 10.7 Å². The fourth-order valence-electron chi connectivity index (χ4n) is 3.72. The van der Waals surface area contributed by atoms with E-state index in [4.69, 9.17) is 4.74 Å². The SMILES string of the molecule is Cc1ccc(=O)n(CC(=O)NC2CCC(Oc3ccc4ncccc4c3)CC2)n1. The molecule has 0 atom stereocenters. The second-order valence-electron chi connectivity index (χ2n) is 7.49. The van der Waals surface area contributed by atoms with Gasteiger partial charge in [-0.15, -0.1) is 0 Å². The predicted molar refractivity (Wildman–Crippen MR) is 110 cm³/mol. The van der Waals surface area contributed by atoms with Crippen LogP contribution in [-0.2, 0) is 11.3 Å². The van der Waals surface area contributed by atoms with Crippen LogP contribution in [-0.4, -0.2) is 32.8 Å². The molecule has 1 aliphatic carbocycles. The first kappa shape index (κ1) is 19.1. The molecule has 7 nitrogen and oxygen atoms in total. The minimum Gasteiger partial charge on any atom is -0.490 e. The number of pyridine rings is 1. The molecule has 0 saturated heterocycles. The molecule has 1 aliphatic rings. The van der Waals surface area contributed by atoms with Crippen LogP contribution < -0.4 is 15.6 Å². The topological polar surface area (TPSA) is 86.1 Å². The lowest BCUT2D eigenvalue weighted by molar-refractivity contribution is -0.123. The number of benzene rings is 1. The maximum Gasteiger partial charge on any atom is 0.267 e. The Hall–Kier alpha value is -3.22. The highest BCUT2D eigenvalue weighted by Gasteiger charge is 2.24. The number of amides is 1. The molecule has 0 radical (unpaired) electrons. The van der Waals surface area contributed by atoms with Gasteiger partial charge in [-0.1, -0.05) is 6.07 Å². The number of fused-ring (bicyclic) bond motifs is 1. The smallest absolute Gasteiger partial charge is 0.267 e. The lowest BCUT2D eigenvalue weighted by atomic mass is 9.93. The molecule has 29 heavy (non-hydrogen) atoms. The van der Waals surface area contributed by atoms with Gasteiger partial charge < -0.3 is 10.1 Å². The van der Waals surface area contributed by atoms with Crippen LogP contribution in [0.25, 0.3) is 10.9 Å². The van der Waals surface area contributed by atoms with E-state index in [0.717, 1.165) is 42.3 Å². The average molecular weight is 392 g/mol. The molecule has 1 saturated carbocycles. The number of aryl methyl sites for hydroxylation is 1. The summed E-state index contributed by atoms with van der Waals surface area (Å²) in [4.78, 5) is 28.4. The highest BCUT2D eigenvalue weighted by Crippen LogP contribution is 2.26. The zero-order valence-electron chi connectivity index (χ0n) is 16.4. The van der Waals surface area contributed by atoms with Crippen LogP contribution in [0.4, 0.5) is 0 Å². The van der Waals surface area contributed by atoms with Gasteiger partial charge in [-0.2, -0.15) is 5.10 Å². The summed E-state index contributed by atoms with van der Waals surface area (Å²) in [5.41, 5.74) is 1.39. The standard InChI is InChI=1S/C22H24N4O3/c1-15-4-11-22(28)26(25-15)14-21(27)24-17-5-7-18(8-6-17)29-19-9-10-20-16(13-19)3-2-12-23-20/h2-4,9-13,17-18H,5-8,14H2,1H3,(H,24,27). The largest absolute Gasteiger partial charge is 0.490 e. The second-order valence-corrected chi connectivity index (χ2v) is 7.49. The van der Waals surface area contributed by atoms with Crippen LogP contribution in [0.2, 0.25) is 0 Å². The molecule has 4 rings (SSSR count). The highest BCUT2D eigenvalue weighted by atomic mass is 16.5. The van der Waals surface area contributed by atoms with E-state index in [1.807, 2.05) is 30.3 Å². The third-order valence-electron chi connectivity index (χ3n) is 5.21. The van der Waals surface area contributed by atoms with Crippen LogP contribution in [0.3, 0.4) is 0 Å². The first-order valence-electron chi connectivity index (χ1n) is 9.92. The number of carbonyl (C=O) groups is 1. The lowest BCUT2D eigenvalue weighted by Crippen LogP contribution is -2.42. The van der Waals surface area contributed by atoms with Gasteiger partial charge in [0.1, 0.15) is 12.3 Å². The number of carbonyl (C=O) groups excluding carboxylic acids is 1. The number of nitrogens with zero attached hydrogens (tertiary/aromatic N) is 3. The van der Waals surface area contributed by atoms with Crippen molar-refractivity contribution in [1.82, 2.24) is 20.1 Å². The van der Waals surface area contributed by atoms with Gasteiger partial charge in [-0.3, -0.25) is 14.6 Å². The third-order valence-corrected chi connectivity index (χ3v) is 5.21. The number of aromatic nitrogens is 3. The monoisotopic (exact) mass is 392 g/mol. The van der Waals surface area contributed by atoms with Crippen molar-refractivity contribution >= 4 is 16.8 Å². The molecule has 2 heterocycles. The molecule has 0 unspecified atom stereocenters. The molecular formula is C22H24N4O3. The molecule has 7 heteroatoms. The Kier molecular flexibility index (Phi) is 5.55. The van der Waals surface area contributed by atoms with Crippen LogP contribution in [0.1, 0.15) is 31.4 Å². The van der Waals surface area contributed by atoms with E-state index < -0.39 is 0 Å². The summed E-state index contributed by atoms with van der Waals surface area (Å²) in [5, 5.41) is 8.19. The Labute approximate surface area is 168 Å². The average Bonchev–Trinajstić information content (AvgIpc) is 2.72. The van der Waals surface area contributed by atoms with E-state index >= 15 is 0 Å². The summed E-state index contributed by atoms with van der Waals surface area (Å²) in [6.45, 7) is 1.74. The van der Waals surface area contributed by atoms with Gasteiger partial charge >= 0.3 is 0 Å². The van der Waals surface area contributed by atoms with Crippen molar-refractivity contribution in [3.8, 4) is 5.75 Å². The molecule has 150 valence electrons. The Bertz CT molecular complexity index is 1070. The van der Waals surface area contributed by atoms with E-state index in [0.29, 0.717) is 5.69 Å². The normalized spacial score (nSPS) is 19.1. The highest BCUT2D eigenvalue weighted by molar-refractivity contribution is 5.79. The molecule has 2 aromatic heterocycles. The maximum absolute atomic E-state index is 12.3. The van der Waals surface area contributed by atoms with E-state index in [2.05, 4.69) is 15.4 Å². The fourth-order valence-corrected chi connectivity index (χ4v) is 3.72. The van der Waals surface area contributed by atoms with Crippen molar-refractivity contribution in [2.24, 2.45) is 0 Å². The van der Waals surface area contributed by atoms with Crippen LogP contribution in [0.5, 0.6) is 5.75 Å². The van der Waals surface area contributed by atoms with Crippen LogP contribution in [0.15, 0.2) is 53.5 Å². The summed E-state index contributed by atoms with van der Waals surface area (Å²) >= 11 is 0. The summed E-state index contributed by atoms with van der Waals surface area (Å²) in [5.74, 6) is 0.666. The van der Waals surface area contributed by atoms with Crippen molar-refractivity contribution < 1.29 is 9.53 Å². The Balaban J connectivity index is 1.28. The summed E-state index contributed by atoms with van der Waals surface area (Å²) in [6.07, 6.45) is 5.36. The van der Waals surface area contributed by atoms with Crippen molar-refractivity contribution in [2.45, 2.75) is 51.3 Å². The number of hydrogen-bond acceptors (Lipinski definition) is 5. The van der Waals surface area contributed by atoms with Gasteiger partial charge in [0.2, 0.25) is 5.91 Å². The van der Waals surface area contributed by atoms with Crippen molar-refractivity contribution in [3.63, 3.8) is 0 Å². The number of hydrogen-bond donors (Lipinski definition) is 1. The lowest BCUT2D eigenvalue weighted by Gasteiger charge is -2.29. The van der Waals surface area contributed by atoms with Gasteiger partial charge in [-0.25, -0.2) is 4.68 Å². The Morgan fingerprint density at radius 1 is 1.17 bits per heavy atom. The predicted octanol–water partition coefficient (Wildman–Crippen LogP) is 2.61. The number of rotatable bonds is 5. The molecule has 3 aromatic rings. The zero-order valence-corrected chi connectivity index (χ0v) is 16.4. The van der Waals surface area contributed by atoms with E-state index in [1.54, 1.807) is 19.2 Å². The van der Waals surface area contributed by atoms with E-state index in [-0.39, 0.29) is 30.2 Å². The quantitative estimate of drug-likeness (QED) is 0.721. The minimum atomic E-state index is -0.270. The summed E-state index contributed by atoms with van der Waals surface area (Å²) in [6, 6.07) is 13.1. The molecule has 0 spiro atoms. The van der Waals surface area contributed by atoms with Crippen molar-refractivity contribution in [3.05, 3.63) is 64.7 Å². The fraction of sp³-hybridized carbons (Fsp3) is 0.364. The van der Waals surface area contributed by atoms with Gasteiger partial charge in [0.05, 0.1) is 17.3 Å². The Morgan fingerprint density at radius 3 is 2.83 bits per heavy atom. The van der Waals surface area contributed by atoms with Crippen molar-refractivity contribution in [1.29, 1.82) is 0 Å². The minimum absolute atomic E-state index is 0.0535. The molecule has 1 amide bonds. The number of ether oxygens (including phenoxy) is 1. The number of nitrogens with one attached hydrogen (secondary N) is 1. The second kappa shape index (κ2) is 8.43. The molecule has 0 aliphatic heterocycles. The van der Waals surface area contributed by atoms with Gasteiger partial charge in [0, 0.05) is 23.7 Å². The van der Waals surface area contributed by atoms with Crippen LogP contribution in [0, 0.1) is 6.92 Å². The molecular weight excluding hydrogens is 368 g/mol. The zero-order chi connectivity index (χ0) is 20.2. The van der Waals surface area contributed by atoms with Gasteiger partial charge in [0.25, 0.3) is 5.56 Å². The van der Waals surface area contributed by atoms with E-state index in [9.17, 15) is 9.59 Å². The molecule has 1 N–H and O–H groups in total. The maximum atomic E-state index is 12.3. The van der Waals surface area contributed by atoms with Gasteiger partial charge in [0.15, 0.2) is 0 Å². The molecule has 0 bridgehead atoms. The van der Waals surface area contributed by atoms with Crippen LogP contribution >= 0.6 is 0 Å². The van der Waals surface area contributed by atoms with Gasteiger partial charge in [-0.05, 0) is 62.9 Å². The first-order chi connectivity index (χ1) is 14.1. The first-order valence-corrected chi connectivity index (χ1v) is 9.92. The summed E-state index contributed by atoms with van der Waals surface area (Å²) < 4.78 is 7.35. The molecule has 1 aromatic carbocycles. The summed E-state index contributed by atoms with van der Waals surface area (Å²) in [7, 11) is 0. The Morgan fingerprint density at radius 2 is 2.00 bits per heavy atom.